The monoisotopic (exact) mass is 335 g/mol. The predicted molar refractivity (Wildman–Crippen MR) is 89.8 cm³/mol. The van der Waals surface area contributed by atoms with E-state index in [1.54, 1.807) is 0 Å². The van der Waals surface area contributed by atoms with E-state index in [0.717, 1.165) is 44.7 Å². The van der Waals surface area contributed by atoms with Gasteiger partial charge in [-0.05, 0) is 19.3 Å². The second-order valence-electron chi connectivity index (χ2n) is 7.15. The van der Waals surface area contributed by atoms with Crippen molar-refractivity contribution in [2.45, 2.75) is 56.9 Å². The Balaban J connectivity index is 1.90. The lowest BCUT2D eigenvalue weighted by Gasteiger charge is -2.31. The van der Waals surface area contributed by atoms with E-state index in [-0.39, 0.29) is 10.8 Å². The summed E-state index contributed by atoms with van der Waals surface area (Å²) in [6, 6.07) is 0.194. The molecule has 2 atom stereocenters. The van der Waals surface area contributed by atoms with Crippen LogP contribution in [0.3, 0.4) is 0 Å². The van der Waals surface area contributed by atoms with Gasteiger partial charge in [-0.2, -0.15) is 11.8 Å². The highest BCUT2D eigenvalue weighted by molar-refractivity contribution is 8.00. The molecule has 0 bridgehead atoms. The zero-order chi connectivity index (χ0) is 15.5. The van der Waals surface area contributed by atoms with Crippen LogP contribution in [0, 0.1) is 0 Å². The SMILES string of the molecule is CC(C)(C)SCCN(C[C@@H]1CCCO1)[C@@H]1CCS(=O)(=O)C1. The molecule has 0 N–H and O–H groups in total. The first-order valence-electron chi connectivity index (χ1n) is 7.95. The lowest BCUT2D eigenvalue weighted by atomic mass is 10.1. The molecule has 2 saturated heterocycles. The van der Waals surface area contributed by atoms with Crippen molar-refractivity contribution in [1.82, 2.24) is 4.90 Å². The minimum Gasteiger partial charge on any atom is -0.377 e. The first-order chi connectivity index (χ1) is 9.75. The maximum atomic E-state index is 11.8. The summed E-state index contributed by atoms with van der Waals surface area (Å²) in [4.78, 5) is 2.37. The Kier molecular flexibility index (Phi) is 6.02. The molecule has 2 fully saturated rings. The van der Waals surface area contributed by atoms with E-state index >= 15 is 0 Å². The van der Waals surface area contributed by atoms with E-state index < -0.39 is 9.84 Å². The Labute approximate surface area is 133 Å². The molecule has 2 heterocycles. The van der Waals surface area contributed by atoms with Crippen molar-refractivity contribution >= 4 is 21.6 Å². The summed E-state index contributed by atoms with van der Waals surface area (Å²) < 4.78 is 29.5. The van der Waals surface area contributed by atoms with Gasteiger partial charge in [-0.3, -0.25) is 4.90 Å². The molecule has 2 rings (SSSR count). The van der Waals surface area contributed by atoms with Gasteiger partial charge in [-0.1, -0.05) is 20.8 Å². The first kappa shape index (κ1) is 17.6. The third-order valence-corrected chi connectivity index (χ3v) is 7.10. The van der Waals surface area contributed by atoms with Crippen LogP contribution in [-0.4, -0.2) is 67.2 Å². The van der Waals surface area contributed by atoms with Crippen LogP contribution < -0.4 is 0 Å². The molecular weight excluding hydrogens is 306 g/mol. The van der Waals surface area contributed by atoms with Gasteiger partial charge in [0.1, 0.15) is 0 Å². The van der Waals surface area contributed by atoms with Gasteiger partial charge in [0.05, 0.1) is 17.6 Å². The smallest absolute Gasteiger partial charge is 0.151 e. The fraction of sp³-hybridized carbons (Fsp3) is 1.00. The summed E-state index contributed by atoms with van der Waals surface area (Å²) in [5.74, 6) is 1.73. The van der Waals surface area contributed by atoms with Crippen molar-refractivity contribution in [2.24, 2.45) is 0 Å². The zero-order valence-corrected chi connectivity index (χ0v) is 15.1. The van der Waals surface area contributed by atoms with Gasteiger partial charge < -0.3 is 4.74 Å². The van der Waals surface area contributed by atoms with Crippen LogP contribution in [0.25, 0.3) is 0 Å². The molecule has 2 aliphatic heterocycles. The van der Waals surface area contributed by atoms with Crippen LogP contribution in [0.2, 0.25) is 0 Å². The zero-order valence-electron chi connectivity index (χ0n) is 13.5. The Morgan fingerprint density at radius 3 is 2.57 bits per heavy atom. The average Bonchev–Trinajstić information content (AvgIpc) is 2.95. The summed E-state index contributed by atoms with van der Waals surface area (Å²) in [5.41, 5.74) is 0. The summed E-state index contributed by atoms with van der Waals surface area (Å²) in [6.07, 6.45) is 3.34. The molecule has 0 aromatic heterocycles. The number of hydrogen-bond acceptors (Lipinski definition) is 5. The van der Waals surface area contributed by atoms with Crippen LogP contribution in [0.15, 0.2) is 0 Å². The van der Waals surface area contributed by atoms with Gasteiger partial charge in [0.2, 0.25) is 0 Å². The van der Waals surface area contributed by atoms with E-state index in [4.69, 9.17) is 4.74 Å². The standard InChI is InChI=1S/C15H29NO3S2/c1-15(2,3)20-9-7-16(11-14-5-4-8-19-14)13-6-10-21(17,18)12-13/h13-14H,4-12H2,1-3H3/t13-,14+/m1/s1. The third-order valence-electron chi connectivity index (χ3n) is 4.10. The van der Waals surface area contributed by atoms with Crippen LogP contribution >= 0.6 is 11.8 Å². The van der Waals surface area contributed by atoms with Crippen LogP contribution in [0.1, 0.15) is 40.0 Å². The number of hydrogen-bond donors (Lipinski definition) is 0. The first-order valence-corrected chi connectivity index (χ1v) is 10.8. The van der Waals surface area contributed by atoms with E-state index in [9.17, 15) is 8.42 Å². The molecule has 2 aliphatic rings. The molecule has 4 nitrogen and oxygen atoms in total. The van der Waals surface area contributed by atoms with Crippen LogP contribution in [-0.2, 0) is 14.6 Å². The minimum atomic E-state index is -2.82. The van der Waals surface area contributed by atoms with Gasteiger partial charge in [0.25, 0.3) is 0 Å². The third kappa shape index (κ3) is 6.08. The number of sulfone groups is 1. The molecule has 0 aromatic rings. The van der Waals surface area contributed by atoms with E-state index in [0.29, 0.717) is 17.6 Å². The summed E-state index contributed by atoms with van der Waals surface area (Å²) >= 11 is 1.95. The Bertz CT molecular complexity index is 425. The minimum absolute atomic E-state index is 0.194. The van der Waals surface area contributed by atoms with Gasteiger partial charge in [0.15, 0.2) is 9.84 Å². The van der Waals surface area contributed by atoms with E-state index in [1.807, 2.05) is 11.8 Å². The summed E-state index contributed by atoms with van der Waals surface area (Å²) in [7, 11) is -2.82. The van der Waals surface area contributed by atoms with Crippen molar-refractivity contribution in [3.05, 3.63) is 0 Å². The number of rotatable bonds is 6. The number of ether oxygens (including phenoxy) is 1. The summed E-state index contributed by atoms with van der Waals surface area (Å²) in [5, 5.41) is 0. The van der Waals surface area contributed by atoms with Crippen LogP contribution in [0.5, 0.6) is 0 Å². The molecule has 6 heteroatoms. The molecule has 21 heavy (non-hydrogen) atoms. The van der Waals surface area contributed by atoms with Crippen LogP contribution in [0.4, 0.5) is 0 Å². The van der Waals surface area contributed by atoms with Gasteiger partial charge in [-0.25, -0.2) is 8.42 Å². The molecule has 0 aliphatic carbocycles. The lowest BCUT2D eigenvalue weighted by molar-refractivity contribution is 0.0635. The molecule has 0 radical (unpaired) electrons. The predicted octanol–water partition coefficient (Wildman–Crippen LogP) is 2.19. The molecule has 124 valence electrons. The van der Waals surface area contributed by atoms with Gasteiger partial charge >= 0.3 is 0 Å². The highest BCUT2D eigenvalue weighted by Gasteiger charge is 2.33. The highest BCUT2D eigenvalue weighted by atomic mass is 32.2. The highest BCUT2D eigenvalue weighted by Crippen LogP contribution is 2.25. The van der Waals surface area contributed by atoms with Crippen molar-refractivity contribution in [3.63, 3.8) is 0 Å². The maximum Gasteiger partial charge on any atom is 0.151 e. The normalized spacial score (nSPS) is 29.3. The van der Waals surface area contributed by atoms with E-state index in [2.05, 4.69) is 25.7 Å². The van der Waals surface area contributed by atoms with Crippen molar-refractivity contribution in [2.75, 3.05) is 37.0 Å². The van der Waals surface area contributed by atoms with E-state index in [1.165, 1.54) is 0 Å². The summed E-state index contributed by atoms with van der Waals surface area (Å²) in [6.45, 7) is 9.39. The molecule has 0 amide bonds. The van der Waals surface area contributed by atoms with Crippen molar-refractivity contribution < 1.29 is 13.2 Å². The maximum absolute atomic E-state index is 11.8. The molecule has 0 spiro atoms. The average molecular weight is 336 g/mol. The quantitative estimate of drug-likeness (QED) is 0.744. The number of thioether (sulfide) groups is 1. The molecular formula is C15H29NO3S2. The fourth-order valence-electron chi connectivity index (χ4n) is 3.01. The molecule has 0 saturated carbocycles. The Morgan fingerprint density at radius 2 is 2.05 bits per heavy atom. The van der Waals surface area contributed by atoms with Gasteiger partial charge in [0, 0.05) is 36.2 Å². The molecule has 0 unspecified atom stereocenters. The second-order valence-corrected chi connectivity index (χ2v) is 11.3. The molecule has 0 aromatic carbocycles. The van der Waals surface area contributed by atoms with Crippen molar-refractivity contribution in [3.8, 4) is 0 Å². The largest absolute Gasteiger partial charge is 0.377 e. The lowest BCUT2D eigenvalue weighted by Crippen LogP contribution is -2.42. The Morgan fingerprint density at radius 1 is 1.29 bits per heavy atom. The Hall–Kier alpha value is 0.220. The van der Waals surface area contributed by atoms with Gasteiger partial charge in [-0.15, -0.1) is 0 Å². The second kappa shape index (κ2) is 7.20. The topological polar surface area (TPSA) is 46.6 Å². The number of nitrogens with zero attached hydrogens (tertiary/aromatic N) is 1. The van der Waals surface area contributed by atoms with Crippen molar-refractivity contribution in [1.29, 1.82) is 0 Å². The fourth-order valence-corrected chi connectivity index (χ4v) is 5.71.